The fraction of sp³-hybridized carbons (Fsp3) is 0.379. The van der Waals surface area contributed by atoms with Crippen LogP contribution in [0.5, 0.6) is 0 Å². The minimum absolute atomic E-state index is 0.151. The summed E-state index contributed by atoms with van der Waals surface area (Å²) in [6.45, 7) is 13.5. The number of H-pyrrole nitrogens is 1. The van der Waals surface area contributed by atoms with Gasteiger partial charge in [0.05, 0.1) is 35.3 Å². The number of fused-ring (bicyclic) bond motifs is 1. The first-order chi connectivity index (χ1) is 18.4. The molecular weight excluding hydrogens is 478 g/mol. The van der Waals surface area contributed by atoms with Crippen LogP contribution in [0.15, 0.2) is 59.5 Å². The van der Waals surface area contributed by atoms with Crippen molar-refractivity contribution in [2.75, 3.05) is 36.4 Å². The summed E-state index contributed by atoms with van der Waals surface area (Å²) in [5.74, 6) is 0.586. The molecule has 2 saturated heterocycles. The van der Waals surface area contributed by atoms with Gasteiger partial charge in [0.2, 0.25) is 0 Å². The minimum Gasteiger partial charge on any atom is -0.372 e. The van der Waals surface area contributed by atoms with Crippen LogP contribution in [-0.2, 0) is 4.74 Å². The van der Waals surface area contributed by atoms with E-state index in [0.717, 1.165) is 59.7 Å². The van der Waals surface area contributed by atoms with E-state index in [0.29, 0.717) is 11.4 Å². The molecule has 2 N–H and O–H groups in total. The number of likely N-dealkylation sites (tertiary alicyclic amines) is 1. The van der Waals surface area contributed by atoms with Crippen molar-refractivity contribution >= 4 is 40.6 Å². The summed E-state index contributed by atoms with van der Waals surface area (Å²) >= 11 is 0. The molecule has 1 aromatic carbocycles. The number of pyridine rings is 1. The van der Waals surface area contributed by atoms with E-state index in [1.54, 1.807) is 6.20 Å². The maximum absolute atomic E-state index is 13.2. The predicted molar refractivity (Wildman–Crippen MR) is 153 cm³/mol. The third-order valence-electron chi connectivity index (χ3n) is 7.04. The van der Waals surface area contributed by atoms with Crippen LogP contribution in [0.3, 0.4) is 0 Å². The molecule has 9 nitrogen and oxygen atoms in total. The Balaban J connectivity index is 1.33. The summed E-state index contributed by atoms with van der Waals surface area (Å²) in [5, 5.41) is 11.0. The van der Waals surface area contributed by atoms with Gasteiger partial charge in [0, 0.05) is 37.8 Å². The minimum atomic E-state index is -0.285. The summed E-state index contributed by atoms with van der Waals surface area (Å²) < 4.78 is 5.82. The van der Waals surface area contributed by atoms with E-state index in [1.807, 2.05) is 36.5 Å². The van der Waals surface area contributed by atoms with E-state index in [-0.39, 0.29) is 18.1 Å². The van der Waals surface area contributed by atoms with Gasteiger partial charge in [0.25, 0.3) is 5.91 Å². The molecule has 2 fully saturated rings. The quantitative estimate of drug-likeness (QED) is 0.346. The molecule has 198 valence electrons. The largest absolute Gasteiger partial charge is 0.372 e. The Morgan fingerprint density at radius 3 is 2.63 bits per heavy atom. The molecule has 5 rings (SSSR count). The van der Waals surface area contributed by atoms with Crippen LogP contribution in [0.1, 0.15) is 49.7 Å². The second kappa shape index (κ2) is 11.2. The van der Waals surface area contributed by atoms with Gasteiger partial charge < -0.3 is 19.9 Å². The fourth-order valence-electron chi connectivity index (χ4n) is 5.22. The molecule has 0 radical (unpaired) electrons. The number of nitrogens with one attached hydrogen (secondary N) is 2. The number of aromatic nitrogens is 3. The van der Waals surface area contributed by atoms with Crippen LogP contribution < -0.4 is 10.2 Å². The highest BCUT2D eigenvalue weighted by atomic mass is 16.5. The molecule has 4 heterocycles. The number of aliphatic imine (C=N–C) groups is 1. The standard InChI is InChI=1S/C29H35N7O2/c1-19(13-24(16-30-4)35-11-5-6-12-35)22-7-9-26-25(14-22)28(34-33-26)29(37)32-23-8-10-27(31-15-23)36-17-20(2)38-21(3)18-36/h7-10,13-16,20-21H,4-6,11-12,17-18H2,1-3H3,(H,32,37)(H,33,34)/b19-13+,24-16+. The zero-order chi connectivity index (χ0) is 26.6. The number of carbonyl (C=O) groups excluding carboxylic acids is 1. The molecule has 38 heavy (non-hydrogen) atoms. The van der Waals surface area contributed by atoms with E-state index in [4.69, 9.17) is 4.74 Å². The number of carbonyl (C=O) groups is 1. The van der Waals surface area contributed by atoms with Gasteiger partial charge in [-0.2, -0.15) is 5.10 Å². The number of morpholine rings is 1. The van der Waals surface area contributed by atoms with Crippen molar-refractivity contribution in [2.45, 2.75) is 45.8 Å². The van der Waals surface area contributed by atoms with E-state index in [2.05, 4.69) is 68.9 Å². The first-order valence-electron chi connectivity index (χ1n) is 13.2. The third kappa shape index (κ3) is 5.62. The Hall–Kier alpha value is -3.98. The summed E-state index contributed by atoms with van der Waals surface area (Å²) in [5.41, 5.74) is 4.91. The van der Waals surface area contributed by atoms with Gasteiger partial charge in [-0.3, -0.25) is 14.9 Å². The lowest BCUT2D eigenvalue weighted by Crippen LogP contribution is -2.45. The van der Waals surface area contributed by atoms with Gasteiger partial charge in [-0.25, -0.2) is 4.98 Å². The maximum atomic E-state index is 13.2. The molecule has 2 unspecified atom stereocenters. The van der Waals surface area contributed by atoms with Crippen molar-refractivity contribution < 1.29 is 9.53 Å². The SMILES string of the molecule is C=N/C=C(\C=C(/C)c1ccc2[nH]nc(C(=O)Nc3ccc(N4CC(C)OC(C)C4)nc3)c2c1)N1CCCC1. The van der Waals surface area contributed by atoms with Crippen LogP contribution >= 0.6 is 0 Å². The van der Waals surface area contributed by atoms with Crippen molar-refractivity contribution in [3.05, 3.63) is 65.8 Å². The Bertz CT molecular complexity index is 1360. The number of ether oxygens (including phenoxy) is 1. The lowest BCUT2D eigenvalue weighted by atomic mass is 10.0. The normalized spacial score (nSPS) is 20.7. The Morgan fingerprint density at radius 1 is 1.18 bits per heavy atom. The van der Waals surface area contributed by atoms with Crippen molar-refractivity contribution in [3.63, 3.8) is 0 Å². The van der Waals surface area contributed by atoms with Crippen molar-refractivity contribution in [1.29, 1.82) is 0 Å². The highest BCUT2D eigenvalue weighted by Gasteiger charge is 2.23. The molecule has 0 aliphatic carbocycles. The Morgan fingerprint density at radius 2 is 1.95 bits per heavy atom. The molecule has 0 spiro atoms. The first kappa shape index (κ1) is 25.7. The smallest absolute Gasteiger partial charge is 0.276 e. The number of hydrogen-bond donors (Lipinski definition) is 2. The number of amides is 1. The van der Waals surface area contributed by atoms with Gasteiger partial charge in [0.1, 0.15) is 5.82 Å². The lowest BCUT2D eigenvalue weighted by molar-refractivity contribution is -0.00545. The number of hydrogen-bond acceptors (Lipinski definition) is 7. The topological polar surface area (TPSA) is 98.7 Å². The van der Waals surface area contributed by atoms with Gasteiger partial charge in [-0.05, 0) is 81.8 Å². The van der Waals surface area contributed by atoms with Crippen LogP contribution in [0.2, 0.25) is 0 Å². The number of allylic oxidation sites excluding steroid dienone is 2. The summed E-state index contributed by atoms with van der Waals surface area (Å²) in [6.07, 6.45) is 8.30. The van der Waals surface area contributed by atoms with Crippen molar-refractivity contribution in [3.8, 4) is 0 Å². The summed E-state index contributed by atoms with van der Waals surface area (Å²) in [7, 11) is 0. The molecular formula is C29H35N7O2. The molecule has 1 amide bonds. The van der Waals surface area contributed by atoms with Crippen LogP contribution in [0.25, 0.3) is 16.5 Å². The fourth-order valence-corrected chi connectivity index (χ4v) is 5.22. The first-order valence-corrected chi connectivity index (χ1v) is 13.2. The number of benzene rings is 1. The van der Waals surface area contributed by atoms with Gasteiger partial charge >= 0.3 is 0 Å². The predicted octanol–water partition coefficient (Wildman–Crippen LogP) is 4.86. The van der Waals surface area contributed by atoms with E-state index < -0.39 is 0 Å². The average Bonchev–Trinajstić information content (AvgIpc) is 3.58. The van der Waals surface area contributed by atoms with Crippen LogP contribution in [-0.4, -0.2) is 71.1 Å². The van der Waals surface area contributed by atoms with E-state index in [1.165, 1.54) is 12.8 Å². The van der Waals surface area contributed by atoms with Gasteiger partial charge in [-0.15, -0.1) is 0 Å². The zero-order valence-corrected chi connectivity index (χ0v) is 22.3. The van der Waals surface area contributed by atoms with Crippen molar-refractivity contribution in [2.24, 2.45) is 4.99 Å². The summed E-state index contributed by atoms with van der Waals surface area (Å²) in [6, 6.07) is 9.80. The Labute approximate surface area is 223 Å². The van der Waals surface area contributed by atoms with Gasteiger partial charge in [0.15, 0.2) is 5.69 Å². The number of anilines is 2. The van der Waals surface area contributed by atoms with E-state index in [9.17, 15) is 4.79 Å². The number of rotatable bonds is 7. The lowest BCUT2D eigenvalue weighted by Gasteiger charge is -2.36. The molecule has 0 saturated carbocycles. The summed E-state index contributed by atoms with van der Waals surface area (Å²) in [4.78, 5) is 26.3. The molecule has 2 atom stereocenters. The second-order valence-corrected chi connectivity index (χ2v) is 10.1. The van der Waals surface area contributed by atoms with Crippen LogP contribution in [0, 0.1) is 0 Å². The number of nitrogens with zero attached hydrogens (tertiary/aromatic N) is 5. The maximum Gasteiger partial charge on any atom is 0.276 e. The van der Waals surface area contributed by atoms with E-state index >= 15 is 0 Å². The molecule has 2 aromatic heterocycles. The highest BCUT2D eigenvalue weighted by molar-refractivity contribution is 6.11. The molecule has 3 aromatic rings. The van der Waals surface area contributed by atoms with Gasteiger partial charge in [-0.1, -0.05) is 6.07 Å². The highest BCUT2D eigenvalue weighted by Crippen LogP contribution is 2.26. The molecule has 9 heteroatoms. The number of aromatic amines is 1. The monoisotopic (exact) mass is 513 g/mol. The van der Waals surface area contributed by atoms with Crippen molar-refractivity contribution in [1.82, 2.24) is 20.1 Å². The molecule has 2 aliphatic rings. The molecule has 2 aliphatic heterocycles. The zero-order valence-electron chi connectivity index (χ0n) is 22.3. The molecule has 0 bridgehead atoms. The van der Waals surface area contributed by atoms with Crippen LogP contribution in [0.4, 0.5) is 11.5 Å². The Kier molecular flexibility index (Phi) is 7.55. The third-order valence-corrected chi connectivity index (χ3v) is 7.04. The average molecular weight is 514 g/mol. The second-order valence-electron chi connectivity index (χ2n) is 10.1.